The van der Waals surface area contributed by atoms with Gasteiger partial charge in [-0.3, -0.25) is 67.5 Å². The largest absolute Gasteiger partial charge is 0.508 e. The van der Waals surface area contributed by atoms with Gasteiger partial charge in [-0.15, -0.1) is 0 Å². The first-order valence-electron chi connectivity index (χ1n) is 26.5. The summed E-state index contributed by atoms with van der Waals surface area (Å²) in [5.41, 5.74) is 33.0. The number of carboxylic acids is 1. The molecule has 0 unspecified atom stereocenters. The second-order valence-corrected chi connectivity index (χ2v) is 19.8. The average Bonchev–Trinajstić information content (AvgIpc) is 3.55. The minimum atomic E-state index is -1.93. The Hall–Kier alpha value is -8.41. The van der Waals surface area contributed by atoms with Crippen molar-refractivity contribution < 1.29 is 82.8 Å². The van der Waals surface area contributed by atoms with Crippen LogP contribution in [0.4, 0.5) is 0 Å². The van der Waals surface area contributed by atoms with Crippen LogP contribution in [0.1, 0.15) is 116 Å². The van der Waals surface area contributed by atoms with Gasteiger partial charge in [-0.1, -0.05) is 12.1 Å². The maximum atomic E-state index is 14.3. The Bertz CT molecular complexity index is 2460. The number of carbonyl (C=O) groups excluding carboxylic acids is 12. The van der Waals surface area contributed by atoms with Crippen LogP contribution < -0.4 is 61.0 Å². The lowest BCUT2D eigenvalue weighted by molar-refractivity contribution is -0.142. The van der Waals surface area contributed by atoms with Crippen LogP contribution in [0, 0.1) is 23.7 Å². The number of nitrogens with two attached hydrogens (primary N) is 6. The molecule has 30 heteroatoms. The van der Waals surface area contributed by atoms with E-state index in [0.29, 0.717) is 5.56 Å². The van der Waals surface area contributed by atoms with Crippen molar-refractivity contribution in [3.63, 3.8) is 0 Å². The Balaban J connectivity index is 3.53. The van der Waals surface area contributed by atoms with E-state index in [1.54, 1.807) is 12.1 Å². The van der Waals surface area contributed by atoms with Crippen LogP contribution in [0.3, 0.4) is 0 Å². The number of nitrogens with zero attached hydrogens (tertiary/aromatic N) is 2. The summed E-state index contributed by atoms with van der Waals surface area (Å²) in [4.78, 5) is 178. The number of carbonyl (C=O) groups is 13. The van der Waals surface area contributed by atoms with Crippen molar-refractivity contribution in [1.82, 2.24) is 26.6 Å². The number of primary amides is 2. The van der Waals surface area contributed by atoms with Gasteiger partial charge in [0.15, 0.2) is 35.1 Å². The minimum Gasteiger partial charge on any atom is -0.508 e. The Morgan fingerprint density at radius 1 is 0.537 bits per heavy atom. The van der Waals surface area contributed by atoms with Crippen LogP contribution in [0.5, 0.6) is 5.75 Å². The van der Waals surface area contributed by atoms with Crippen LogP contribution >= 0.6 is 0 Å². The lowest BCUT2D eigenvalue weighted by atomic mass is 9.88. The predicted octanol–water partition coefficient (Wildman–Crippen LogP) is -4.22. The summed E-state index contributed by atoms with van der Waals surface area (Å²) in [6.45, 7) is 1.30. The molecule has 1 rings (SSSR count). The third-order valence-corrected chi connectivity index (χ3v) is 12.9. The first kappa shape index (κ1) is 71.6. The van der Waals surface area contributed by atoms with E-state index in [9.17, 15) is 82.8 Å². The van der Waals surface area contributed by atoms with Gasteiger partial charge < -0.3 is 86.2 Å². The molecule has 1 aromatic carbocycles. The number of phenolic OH excluding ortho intramolecular Hbond substituents is 1. The number of Topliss-reactive ketones (excluding diaryl/α,β-unsaturated/α-hetero) is 5. The Kier molecular flexibility index (Phi) is 32.8. The summed E-state index contributed by atoms with van der Waals surface area (Å²) in [5.74, 6) is -18.1. The second-order valence-electron chi connectivity index (χ2n) is 19.8. The molecule has 0 aliphatic carbocycles. The van der Waals surface area contributed by atoms with E-state index in [2.05, 4.69) is 36.6 Å². The Morgan fingerprint density at radius 3 is 1.46 bits per heavy atom. The predicted molar refractivity (Wildman–Crippen MR) is 294 cm³/mol. The molecule has 9 atom stereocenters. The van der Waals surface area contributed by atoms with Crippen LogP contribution in [0.2, 0.25) is 0 Å². The van der Waals surface area contributed by atoms with Crippen LogP contribution in [-0.2, 0) is 68.7 Å². The van der Waals surface area contributed by atoms with Gasteiger partial charge in [-0.05, 0) is 76.5 Å². The van der Waals surface area contributed by atoms with Crippen LogP contribution in [0.25, 0.3) is 0 Å². The van der Waals surface area contributed by atoms with Gasteiger partial charge in [0.1, 0.15) is 11.5 Å². The van der Waals surface area contributed by atoms with Crippen molar-refractivity contribution in [3.05, 3.63) is 29.8 Å². The van der Waals surface area contributed by atoms with Gasteiger partial charge >= 0.3 is 5.97 Å². The molecule has 456 valence electrons. The monoisotopic (exact) mass is 1160 g/mol. The first-order chi connectivity index (χ1) is 38.5. The molecular formula is C52H81N13O17. The molecule has 0 saturated carbocycles. The third kappa shape index (κ3) is 29.2. The molecule has 21 N–H and O–H groups in total. The van der Waals surface area contributed by atoms with Crippen molar-refractivity contribution in [2.24, 2.45) is 68.1 Å². The molecule has 0 bridgehead atoms. The first-order valence-corrected chi connectivity index (χ1v) is 26.5. The van der Waals surface area contributed by atoms with Crippen LogP contribution in [-0.4, -0.2) is 166 Å². The maximum Gasteiger partial charge on any atom is 0.305 e. The van der Waals surface area contributed by atoms with Gasteiger partial charge in [0, 0.05) is 83.3 Å². The van der Waals surface area contributed by atoms with Crippen molar-refractivity contribution in [2.45, 2.75) is 147 Å². The number of rotatable bonds is 43. The zero-order valence-electron chi connectivity index (χ0n) is 46.4. The Morgan fingerprint density at radius 2 is 0.988 bits per heavy atom. The van der Waals surface area contributed by atoms with Crippen molar-refractivity contribution >= 4 is 88.2 Å². The van der Waals surface area contributed by atoms with E-state index in [1.807, 2.05) is 0 Å². The van der Waals surface area contributed by atoms with Gasteiger partial charge in [0.05, 0.1) is 55.1 Å². The number of nitrogens with one attached hydrogen (secondary N) is 5. The summed E-state index contributed by atoms with van der Waals surface area (Å²) >= 11 is 0. The second kappa shape index (κ2) is 37.5. The zero-order chi connectivity index (χ0) is 62.2. The molecule has 0 radical (unpaired) electrons. The number of amides is 7. The van der Waals surface area contributed by atoms with Crippen LogP contribution in [0.15, 0.2) is 34.3 Å². The number of phenols is 1. The van der Waals surface area contributed by atoms with E-state index in [0.717, 1.165) is 6.92 Å². The number of benzene rings is 1. The Labute approximate surface area is 473 Å². The number of aliphatic hydroxyl groups excluding tert-OH is 2. The van der Waals surface area contributed by atoms with Gasteiger partial charge in [0.25, 0.3) is 0 Å². The maximum absolute atomic E-state index is 14.3. The topological polar surface area (TPSA) is 544 Å². The number of aliphatic carboxylic acids is 1. The molecule has 0 spiro atoms. The summed E-state index contributed by atoms with van der Waals surface area (Å²) in [6, 6.07) is -0.344. The van der Waals surface area contributed by atoms with Gasteiger partial charge in [0.2, 0.25) is 41.4 Å². The standard InChI is InChI=1S/C52H81N13O17/c1-27(67)8-17-45(76)62-35(6-4-18-60-51(55)56)41(72)23-32(26-66)49(81)65-38(25-46(77)78)42(73)24-34(28(2)68)50(82)64-36(7-5-19-61-52(57)58)39(70)21-30(11-15-43(53)74)48(80)63-37(14-16-44(54)75)40(71)22-31(47(79)59-3)20-29-9-12-33(69)13-10-29/h9-10,12-13,28,30-32,34-38,66,68-69H,4-8,11,14-26H2,1-3H3,(H2,53,74)(H2,54,75)(H,59,79)(H,62,76)(H,63,80)(H,64,82)(H,65,81)(H,77,78)(H4,55,56,60)(H4,57,58,61)/t28-,30-,31-,32+,34+,35+,36+,37+,38+/m1/s1. The summed E-state index contributed by atoms with van der Waals surface area (Å²) in [6.07, 6.45) is -7.81. The van der Waals surface area contributed by atoms with E-state index in [-0.39, 0.29) is 94.3 Å². The normalized spacial score (nSPS) is 14.2. The van der Waals surface area contributed by atoms with Crippen molar-refractivity contribution in [2.75, 3.05) is 26.7 Å². The number of ketones is 5. The highest BCUT2D eigenvalue weighted by Gasteiger charge is 2.37. The van der Waals surface area contributed by atoms with Gasteiger partial charge in [-0.2, -0.15) is 0 Å². The summed E-state index contributed by atoms with van der Waals surface area (Å²) in [5, 5.41) is 52.7. The molecule has 0 heterocycles. The number of hydrogen-bond donors (Lipinski definition) is 15. The van der Waals surface area contributed by atoms with Crippen molar-refractivity contribution in [3.8, 4) is 5.75 Å². The van der Waals surface area contributed by atoms with Gasteiger partial charge in [-0.25, -0.2) is 0 Å². The SMILES string of the molecule is CNC(=O)[C@@H](CC(=O)[C@H](CCC(N)=O)NC(=O)[C@H](CCC(N)=O)CC(=O)[C@H](CCCN=C(N)N)NC(=O)[C@@H](CC(=O)[C@H](CC(=O)O)NC(=O)[C@H](CO)CC(=O)[C@H](CCCN=C(N)N)NC(=O)CCC(C)=O)[C@@H](C)O)Cc1ccc(O)cc1. The molecule has 1 aromatic rings. The average molecular weight is 1160 g/mol. The fourth-order valence-corrected chi connectivity index (χ4v) is 8.33. The molecule has 30 nitrogen and oxygen atoms in total. The molecular weight excluding hydrogens is 1080 g/mol. The molecule has 82 heavy (non-hydrogen) atoms. The summed E-state index contributed by atoms with van der Waals surface area (Å²) < 4.78 is 0. The third-order valence-electron chi connectivity index (χ3n) is 12.9. The summed E-state index contributed by atoms with van der Waals surface area (Å²) in [7, 11) is 1.35. The molecule has 7 amide bonds. The molecule has 0 saturated heterocycles. The highest BCUT2D eigenvalue weighted by atomic mass is 16.4. The fourth-order valence-electron chi connectivity index (χ4n) is 8.33. The minimum absolute atomic E-state index is 0.00244. The number of guanidine groups is 2. The highest BCUT2D eigenvalue weighted by Crippen LogP contribution is 2.22. The number of carboxylic acid groups (broad SMARTS) is 1. The highest BCUT2D eigenvalue weighted by molar-refractivity contribution is 5.99. The molecule has 0 aliphatic heterocycles. The molecule has 0 fully saturated rings. The fraction of sp³-hybridized carbons (Fsp3) is 0.596. The van der Waals surface area contributed by atoms with E-state index in [1.165, 1.54) is 26.1 Å². The number of aliphatic imine (C=N–C) groups is 2. The smallest absolute Gasteiger partial charge is 0.305 e. The zero-order valence-corrected chi connectivity index (χ0v) is 46.4. The van der Waals surface area contributed by atoms with E-state index < -0.39 is 176 Å². The molecule has 0 aromatic heterocycles. The number of hydrogen-bond acceptors (Lipinski definition) is 18. The number of aromatic hydroxyl groups is 1. The quantitative estimate of drug-likeness (QED) is 0.0167. The van der Waals surface area contributed by atoms with E-state index >= 15 is 0 Å². The lowest BCUT2D eigenvalue weighted by Crippen LogP contribution is -2.50. The van der Waals surface area contributed by atoms with E-state index in [4.69, 9.17) is 34.4 Å². The number of aliphatic hydroxyl groups is 2. The molecule has 0 aliphatic rings. The lowest BCUT2D eigenvalue weighted by Gasteiger charge is -2.27. The van der Waals surface area contributed by atoms with Crippen molar-refractivity contribution in [1.29, 1.82) is 0 Å².